The standard InChI is InChI=1S/C88H88N2/c1-83(2,3)63-27-35-67(36-28-63)89(68-37-29-64(30-38-68)84(4,5)6)71-43-49-77-75-47-23-59(53-79(75)87(13,14)81(77)55-71)19-17-57-21-45-73-61(51-57)25-26-62-52-58(22-46-74(62)73)18-20-60-24-48-76-78-50-44-72(56-82(78)88(15,16)80(76)54-60)90(69-39-31-65(32-40-69)85(7,8)9)70-41-33-66(34-42-70)86(10,11)12/h17-56H,1-16H3. The highest BCUT2D eigenvalue weighted by Crippen LogP contribution is 2.53. The Hall–Kier alpha value is -8.98. The molecule has 0 saturated heterocycles. The fourth-order valence-electron chi connectivity index (χ4n) is 14.0. The van der Waals surface area contributed by atoms with E-state index < -0.39 is 0 Å². The van der Waals surface area contributed by atoms with E-state index >= 15 is 0 Å². The van der Waals surface area contributed by atoms with Gasteiger partial charge in [0.25, 0.3) is 0 Å². The van der Waals surface area contributed by atoms with Crippen LogP contribution in [0.3, 0.4) is 0 Å². The van der Waals surface area contributed by atoms with Crippen LogP contribution in [0.5, 0.6) is 0 Å². The fourth-order valence-corrected chi connectivity index (χ4v) is 14.0. The minimum atomic E-state index is -0.189. The minimum Gasteiger partial charge on any atom is -0.310 e. The van der Waals surface area contributed by atoms with Gasteiger partial charge >= 0.3 is 0 Å². The van der Waals surface area contributed by atoms with Crippen molar-refractivity contribution in [3.63, 3.8) is 0 Å². The third-order valence-corrected chi connectivity index (χ3v) is 19.7. The van der Waals surface area contributed by atoms with Crippen LogP contribution in [0, 0.1) is 0 Å². The zero-order valence-corrected chi connectivity index (χ0v) is 56.0. The number of nitrogens with zero attached hydrogens (tertiary/aromatic N) is 2. The normalized spacial score (nSPS) is 14.3. The Balaban J connectivity index is 0.720. The molecule has 0 aliphatic heterocycles. The van der Waals surface area contributed by atoms with Crippen LogP contribution in [0.1, 0.15) is 178 Å². The molecule has 0 bridgehead atoms. The molecular weight excluding hydrogens is 1080 g/mol. The molecule has 2 nitrogen and oxygen atoms in total. The van der Waals surface area contributed by atoms with Crippen LogP contribution >= 0.6 is 0 Å². The Morgan fingerprint density at radius 1 is 0.244 bits per heavy atom. The molecule has 13 rings (SSSR count). The summed E-state index contributed by atoms with van der Waals surface area (Å²) in [6.45, 7) is 36.9. The van der Waals surface area contributed by atoms with Gasteiger partial charge in [-0.2, -0.15) is 0 Å². The molecule has 0 heterocycles. The third-order valence-electron chi connectivity index (χ3n) is 19.7. The molecule has 0 spiro atoms. The molecule has 2 aliphatic carbocycles. The Labute approximate surface area is 537 Å². The average Bonchev–Trinajstić information content (AvgIpc) is 1.58. The van der Waals surface area contributed by atoms with Gasteiger partial charge < -0.3 is 9.80 Å². The molecule has 0 unspecified atom stereocenters. The first-order valence-electron chi connectivity index (χ1n) is 32.5. The van der Waals surface area contributed by atoms with E-state index in [-0.39, 0.29) is 32.5 Å². The van der Waals surface area contributed by atoms with Crippen molar-refractivity contribution in [2.45, 2.75) is 143 Å². The first-order valence-corrected chi connectivity index (χ1v) is 32.5. The molecule has 0 saturated carbocycles. The summed E-state index contributed by atoms with van der Waals surface area (Å²) in [6, 6.07) is 83.2. The van der Waals surface area contributed by atoms with Gasteiger partial charge in [0, 0.05) is 45.0 Å². The van der Waals surface area contributed by atoms with Gasteiger partial charge in [0.05, 0.1) is 0 Å². The number of fused-ring (bicyclic) bond motifs is 9. The summed E-state index contributed by atoms with van der Waals surface area (Å²) < 4.78 is 0. The van der Waals surface area contributed by atoms with Gasteiger partial charge in [-0.1, -0.05) is 269 Å². The quantitative estimate of drug-likeness (QED) is 0.0995. The Kier molecular flexibility index (Phi) is 14.6. The first-order chi connectivity index (χ1) is 42.6. The molecule has 90 heavy (non-hydrogen) atoms. The lowest BCUT2D eigenvalue weighted by molar-refractivity contribution is 0.590. The van der Waals surface area contributed by atoms with Crippen LogP contribution in [0.4, 0.5) is 34.1 Å². The molecule has 0 amide bonds. The van der Waals surface area contributed by atoms with Crippen molar-refractivity contribution in [2.75, 3.05) is 9.80 Å². The molecule has 0 atom stereocenters. The number of anilines is 6. The van der Waals surface area contributed by atoms with E-state index in [9.17, 15) is 0 Å². The maximum absolute atomic E-state index is 2.44. The van der Waals surface area contributed by atoms with Crippen molar-refractivity contribution in [1.82, 2.24) is 0 Å². The van der Waals surface area contributed by atoms with E-state index in [2.05, 4.69) is 363 Å². The second-order valence-corrected chi connectivity index (χ2v) is 30.9. The van der Waals surface area contributed by atoms with Crippen LogP contribution in [0.15, 0.2) is 218 Å². The lowest BCUT2D eigenvalue weighted by Gasteiger charge is -2.29. The maximum atomic E-state index is 2.44. The van der Waals surface area contributed by atoms with Gasteiger partial charge in [0.1, 0.15) is 0 Å². The van der Waals surface area contributed by atoms with Crippen molar-refractivity contribution in [3.05, 3.63) is 285 Å². The van der Waals surface area contributed by atoms with E-state index in [4.69, 9.17) is 0 Å². The molecule has 11 aromatic carbocycles. The highest BCUT2D eigenvalue weighted by molar-refractivity contribution is 6.08. The van der Waals surface area contributed by atoms with Gasteiger partial charge in [-0.3, -0.25) is 0 Å². The molecule has 11 aromatic rings. The van der Waals surface area contributed by atoms with E-state index in [0.717, 1.165) is 22.7 Å². The summed E-state index contributed by atoms with van der Waals surface area (Å²) >= 11 is 0. The molecule has 0 N–H and O–H groups in total. The number of hydrogen-bond donors (Lipinski definition) is 0. The molecule has 0 radical (unpaired) electrons. The Bertz CT molecular complexity index is 4220. The van der Waals surface area contributed by atoms with Crippen molar-refractivity contribution < 1.29 is 0 Å². The SMILES string of the molecule is CC(C)(C)c1ccc(N(c2ccc(C(C)(C)C)cc2)c2ccc3c(c2)C(C)(C)c2cc(C=Cc4ccc5c(ccc6cc(C=Cc7ccc8c(c7)C(C)(C)c7cc(N(c9ccc(C(C)(C)C)cc9)c9ccc(C(C)(C)C)cc9)ccc7-8)ccc65)c4)ccc2-3)cc1. The Morgan fingerprint density at radius 3 is 0.756 bits per heavy atom. The predicted molar refractivity (Wildman–Crippen MR) is 391 cm³/mol. The zero-order chi connectivity index (χ0) is 63.5. The highest BCUT2D eigenvalue weighted by Gasteiger charge is 2.38. The molecule has 0 aromatic heterocycles. The largest absolute Gasteiger partial charge is 0.310 e. The molecule has 0 fully saturated rings. The van der Waals surface area contributed by atoms with E-state index in [0.29, 0.717) is 0 Å². The average molecular weight is 1170 g/mol. The lowest BCUT2D eigenvalue weighted by Crippen LogP contribution is -2.17. The first kappa shape index (κ1) is 60.0. The fraction of sp³-hybridized carbons (Fsp3) is 0.250. The van der Waals surface area contributed by atoms with E-state index in [1.807, 2.05) is 0 Å². The second kappa shape index (κ2) is 21.9. The highest BCUT2D eigenvalue weighted by atomic mass is 15.1. The monoisotopic (exact) mass is 1170 g/mol. The molecule has 450 valence electrons. The third kappa shape index (κ3) is 11.1. The second-order valence-electron chi connectivity index (χ2n) is 30.9. The smallest absolute Gasteiger partial charge is 0.0465 e. The summed E-state index contributed by atoms with van der Waals surface area (Å²) in [4.78, 5) is 4.85. The van der Waals surface area contributed by atoms with Crippen LogP contribution < -0.4 is 9.80 Å². The van der Waals surface area contributed by atoms with Crippen LogP contribution in [0.25, 0.3) is 68.1 Å². The van der Waals surface area contributed by atoms with Crippen molar-refractivity contribution >= 4 is 80.0 Å². The van der Waals surface area contributed by atoms with Gasteiger partial charge in [0.2, 0.25) is 0 Å². The number of rotatable bonds is 10. The van der Waals surface area contributed by atoms with Crippen LogP contribution in [-0.2, 0) is 32.5 Å². The molecule has 2 heteroatoms. The summed E-state index contributed by atoms with van der Waals surface area (Å²) in [5.74, 6) is 0. The molecule has 2 aliphatic rings. The molecular formula is C88H88N2. The van der Waals surface area contributed by atoms with E-state index in [1.54, 1.807) is 0 Å². The zero-order valence-electron chi connectivity index (χ0n) is 56.0. The topological polar surface area (TPSA) is 6.48 Å². The van der Waals surface area contributed by atoms with E-state index in [1.165, 1.54) is 122 Å². The summed E-state index contributed by atoms with van der Waals surface area (Å²) in [5.41, 5.74) is 27.7. The van der Waals surface area contributed by atoms with Crippen molar-refractivity contribution in [1.29, 1.82) is 0 Å². The lowest BCUT2D eigenvalue weighted by atomic mass is 9.81. The number of benzene rings is 11. The Morgan fingerprint density at radius 2 is 0.478 bits per heavy atom. The van der Waals surface area contributed by atoms with Crippen LogP contribution in [0.2, 0.25) is 0 Å². The van der Waals surface area contributed by atoms with Crippen LogP contribution in [-0.4, -0.2) is 0 Å². The summed E-state index contributed by atoms with van der Waals surface area (Å²) in [5, 5.41) is 5.01. The summed E-state index contributed by atoms with van der Waals surface area (Å²) in [6.07, 6.45) is 9.10. The van der Waals surface area contributed by atoms with Crippen molar-refractivity contribution in [2.24, 2.45) is 0 Å². The van der Waals surface area contributed by atoms with Gasteiger partial charge in [-0.05, 0) is 217 Å². The summed E-state index contributed by atoms with van der Waals surface area (Å²) in [7, 11) is 0. The van der Waals surface area contributed by atoms with Crippen molar-refractivity contribution in [3.8, 4) is 22.3 Å². The maximum Gasteiger partial charge on any atom is 0.0465 e. The van der Waals surface area contributed by atoms with Gasteiger partial charge in [-0.15, -0.1) is 0 Å². The van der Waals surface area contributed by atoms with Gasteiger partial charge in [-0.25, -0.2) is 0 Å². The predicted octanol–water partition coefficient (Wildman–Crippen LogP) is 25.1. The number of hydrogen-bond acceptors (Lipinski definition) is 2. The minimum absolute atomic E-state index is 0.0756. The van der Waals surface area contributed by atoms with Gasteiger partial charge in [0.15, 0.2) is 0 Å².